The standard InChI is InChI=1S/C27H36N6.HI/c1-3-28-27(31-25-18-22(2)33(21-25)20-24-12-8-5-9-13-24)30-15-14-26-29-16-17-32(26)19-23-10-6-4-7-11-23;/h4-13,16-17,22,25H,3,14-15,18-21H2,1-2H3,(H2,28,30,31);1H. The van der Waals surface area contributed by atoms with Gasteiger partial charge < -0.3 is 15.2 Å². The molecule has 0 saturated carbocycles. The molecule has 0 bridgehead atoms. The molecule has 0 spiro atoms. The van der Waals surface area contributed by atoms with Crippen molar-refractivity contribution in [2.24, 2.45) is 4.99 Å². The molecule has 1 aromatic heterocycles. The highest BCUT2D eigenvalue weighted by atomic mass is 127. The van der Waals surface area contributed by atoms with Crippen LogP contribution in [0, 0.1) is 0 Å². The van der Waals surface area contributed by atoms with Gasteiger partial charge in [-0.2, -0.15) is 0 Å². The van der Waals surface area contributed by atoms with Crippen LogP contribution >= 0.6 is 24.0 Å². The van der Waals surface area contributed by atoms with Crippen molar-refractivity contribution in [1.29, 1.82) is 0 Å². The summed E-state index contributed by atoms with van der Waals surface area (Å²) < 4.78 is 2.21. The van der Waals surface area contributed by atoms with Gasteiger partial charge >= 0.3 is 0 Å². The van der Waals surface area contributed by atoms with Gasteiger partial charge in [0.1, 0.15) is 5.82 Å². The lowest BCUT2D eigenvalue weighted by atomic mass is 10.2. The lowest BCUT2D eigenvalue weighted by Gasteiger charge is -2.21. The van der Waals surface area contributed by atoms with Crippen molar-refractivity contribution < 1.29 is 0 Å². The van der Waals surface area contributed by atoms with E-state index in [2.05, 4.69) is 99.7 Å². The lowest BCUT2D eigenvalue weighted by molar-refractivity contribution is 0.258. The Morgan fingerprint density at radius 3 is 2.38 bits per heavy atom. The van der Waals surface area contributed by atoms with Crippen LogP contribution in [-0.2, 0) is 19.5 Å². The number of likely N-dealkylation sites (tertiary alicyclic amines) is 1. The van der Waals surface area contributed by atoms with Gasteiger partial charge in [-0.05, 0) is 31.4 Å². The quantitative estimate of drug-likeness (QED) is 0.228. The normalized spacial score (nSPS) is 18.5. The summed E-state index contributed by atoms with van der Waals surface area (Å²) in [5, 5.41) is 7.08. The van der Waals surface area contributed by atoms with Gasteiger partial charge in [0.25, 0.3) is 0 Å². The van der Waals surface area contributed by atoms with E-state index in [1.54, 1.807) is 0 Å². The molecule has 7 heteroatoms. The van der Waals surface area contributed by atoms with Crippen LogP contribution in [0.5, 0.6) is 0 Å². The second-order valence-corrected chi connectivity index (χ2v) is 8.81. The molecule has 2 atom stereocenters. The summed E-state index contributed by atoms with van der Waals surface area (Å²) >= 11 is 0. The van der Waals surface area contributed by atoms with Crippen LogP contribution in [0.15, 0.2) is 78.0 Å². The Morgan fingerprint density at radius 1 is 1.03 bits per heavy atom. The van der Waals surface area contributed by atoms with Crippen molar-refractivity contribution in [1.82, 2.24) is 25.1 Å². The Bertz CT molecular complexity index is 1000. The fraction of sp³-hybridized carbons (Fsp3) is 0.407. The molecule has 1 aliphatic heterocycles. The van der Waals surface area contributed by atoms with Crippen LogP contribution in [-0.4, -0.2) is 52.1 Å². The predicted molar refractivity (Wildman–Crippen MR) is 151 cm³/mol. The minimum Gasteiger partial charge on any atom is -0.357 e. The van der Waals surface area contributed by atoms with Crippen LogP contribution in [0.25, 0.3) is 0 Å². The number of aliphatic imine (C=N–C) groups is 1. The van der Waals surface area contributed by atoms with Gasteiger partial charge in [0.05, 0.1) is 0 Å². The topological polar surface area (TPSA) is 57.5 Å². The maximum Gasteiger partial charge on any atom is 0.191 e. The molecular weight excluding hydrogens is 535 g/mol. The third-order valence-corrected chi connectivity index (χ3v) is 6.22. The van der Waals surface area contributed by atoms with E-state index in [1.165, 1.54) is 11.1 Å². The minimum atomic E-state index is 0. The first-order valence-corrected chi connectivity index (χ1v) is 12.1. The maximum atomic E-state index is 4.86. The average molecular weight is 573 g/mol. The largest absolute Gasteiger partial charge is 0.357 e. The third-order valence-electron chi connectivity index (χ3n) is 6.22. The fourth-order valence-electron chi connectivity index (χ4n) is 4.51. The van der Waals surface area contributed by atoms with Crippen molar-refractivity contribution in [2.75, 3.05) is 19.6 Å². The summed E-state index contributed by atoms with van der Waals surface area (Å²) in [6, 6.07) is 22.2. The summed E-state index contributed by atoms with van der Waals surface area (Å²) in [4.78, 5) is 12.0. The third kappa shape index (κ3) is 7.56. The summed E-state index contributed by atoms with van der Waals surface area (Å²) in [6.07, 6.45) is 5.87. The van der Waals surface area contributed by atoms with E-state index in [0.717, 1.165) is 50.8 Å². The van der Waals surface area contributed by atoms with Crippen molar-refractivity contribution in [3.05, 3.63) is 90.0 Å². The number of rotatable bonds is 9. The van der Waals surface area contributed by atoms with Gasteiger partial charge in [0, 0.05) is 63.6 Å². The summed E-state index contributed by atoms with van der Waals surface area (Å²) in [5.74, 6) is 1.97. The van der Waals surface area contributed by atoms with E-state index >= 15 is 0 Å². The zero-order valence-corrected chi connectivity index (χ0v) is 22.6. The van der Waals surface area contributed by atoms with Crippen LogP contribution in [0.1, 0.15) is 37.2 Å². The molecular formula is C27H37IN6. The van der Waals surface area contributed by atoms with Crippen molar-refractivity contribution in [2.45, 2.75) is 51.9 Å². The van der Waals surface area contributed by atoms with Gasteiger partial charge in [-0.25, -0.2) is 4.98 Å². The molecule has 182 valence electrons. The Balaban J connectivity index is 0.00000324. The van der Waals surface area contributed by atoms with Gasteiger partial charge in [-0.1, -0.05) is 60.7 Å². The van der Waals surface area contributed by atoms with E-state index in [1.807, 2.05) is 12.3 Å². The van der Waals surface area contributed by atoms with Crippen LogP contribution in [0.2, 0.25) is 0 Å². The summed E-state index contributed by atoms with van der Waals surface area (Å²) in [5.41, 5.74) is 2.65. The number of benzene rings is 2. The smallest absolute Gasteiger partial charge is 0.191 e. The fourth-order valence-corrected chi connectivity index (χ4v) is 4.51. The summed E-state index contributed by atoms with van der Waals surface area (Å²) in [6.45, 7) is 8.86. The van der Waals surface area contributed by atoms with Gasteiger partial charge in [-0.15, -0.1) is 24.0 Å². The highest BCUT2D eigenvalue weighted by molar-refractivity contribution is 14.0. The first-order chi connectivity index (χ1) is 16.2. The predicted octanol–water partition coefficient (Wildman–Crippen LogP) is 4.31. The number of guanidine groups is 1. The van der Waals surface area contributed by atoms with E-state index in [9.17, 15) is 0 Å². The summed E-state index contributed by atoms with van der Waals surface area (Å²) in [7, 11) is 0. The second-order valence-electron chi connectivity index (χ2n) is 8.81. The van der Waals surface area contributed by atoms with E-state index < -0.39 is 0 Å². The van der Waals surface area contributed by atoms with Gasteiger partial charge in [-0.3, -0.25) is 9.89 Å². The van der Waals surface area contributed by atoms with Crippen LogP contribution in [0.3, 0.4) is 0 Å². The molecule has 34 heavy (non-hydrogen) atoms. The average Bonchev–Trinajstić information content (AvgIpc) is 3.41. The molecule has 2 N–H and O–H groups in total. The van der Waals surface area contributed by atoms with Gasteiger partial charge in [0.15, 0.2) is 5.96 Å². The second kappa shape index (κ2) is 13.5. The molecule has 1 fully saturated rings. The van der Waals surface area contributed by atoms with Crippen molar-refractivity contribution in [3.8, 4) is 0 Å². The first kappa shape index (κ1) is 26.2. The highest BCUT2D eigenvalue weighted by Gasteiger charge is 2.29. The minimum absolute atomic E-state index is 0. The lowest BCUT2D eigenvalue weighted by Crippen LogP contribution is -2.44. The monoisotopic (exact) mass is 572 g/mol. The Morgan fingerprint density at radius 2 is 1.71 bits per heavy atom. The molecule has 1 aliphatic rings. The van der Waals surface area contributed by atoms with E-state index in [4.69, 9.17) is 4.99 Å². The number of nitrogens with zero attached hydrogens (tertiary/aromatic N) is 4. The molecule has 6 nitrogen and oxygen atoms in total. The van der Waals surface area contributed by atoms with Gasteiger partial charge in [0.2, 0.25) is 0 Å². The molecule has 0 aliphatic carbocycles. The Kier molecular flexibility index (Phi) is 10.4. The van der Waals surface area contributed by atoms with E-state index in [-0.39, 0.29) is 24.0 Å². The van der Waals surface area contributed by atoms with Crippen LogP contribution < -0.4 is 10.6 Å². The zero-order valence-electron chi connectivity index (χ0n) is 20.2. The maximum absolute atomic E-state index is 4.86. The SMILES string of the molecule is CCNC(=NCCc1nccn1Cc1ccccc1)NC1CC(C)N(Cc2ccccc2)C1.I. The number of halogens is 1. The number of hydrogen-bond acceptors (Lipinski definition) is 3. The molecule has 2 unspecified atom stereocenters. The molecule has 2 heterocycles. The molecule has 0 radical (unpaired) electrons. The number of hydrogen-bond donors (Lipinski definition) is 2. The molecule has 3 aromatic rings. The van der Waals surface area contributed by atoms with Crippen molar-refractivity contribution in [3.63, 3.8) is 0 Å². The molecule has 1 saturated heterocycles. The first-order valence-electron chi connectivity index (χ1n) is 12.1. The van der Waals surface area contributed by atoms with Crippen LogP contribution in [0.4, 0.5) is 0 Å². The Labute approximate surface area is 220 Å². The zero-order chi connectivity index (χ0) is 22.9. The molecule has 0 amide bonds. The Hall–Kier alpha value is -2.39. The number of aromatic nitrogens is 2. The number of nitrogens with one attached hydrogen (secondary N) is 2. The molecule has 2 aromatic carbocycles. The highest BCUT2D eigenvalue weighted by Crippen LogP contribution is 2.20. The van der Waals surface area contributed by atoms with E-state index in [0.29, 0.717) is 18.6 Å². The number of imidazole rings is 1. The molecule has 4 rings (SSSR count). The van der Waals surface area contributed by atoms with Crippen molar-refractivity contribution >= 4 is 29.9 Å².